The molecule has 3 fully saturated rings. The topological polar surface area (TPSA) is 73.0 Å². The van der Waals surface area contributed by atoms with Gasteiger partial charge in [-0.05, 0) is 74.0 Å². The normalized spacial score (nSPS) is 25.2. The van der Waals surface area contributed by atoms with Gasteiger partial charge in [0.1, 0.15) is 12.1 Å². The number of likely N-dealkylation sites (N-methyl/N-ethyl adjacent to an activating group) is 1. The summed E-state index contributed by atoms with van der Waals surface area (Å²) in [5.41, 5.74) is 1.66. The fourth-order valence-corrected chi connectivity index (χ4v) is 5.92. The first kappa shape index (κ1) is 25.5. The van der Waals surface area contributed by atoms with Crippen LogP contribution in [0.3, 0.4) is 0 Å². The summed E-state index contributed by atoms with van der Waals surface area (Å²) in [7, 11) is 1.73. The molecule has 0 radical (unpaired) electrons. The molecule has 0 bridgehead atoms. The van der Waals surface area contributed by atoms with Crippen molar-refractivity contribution in [1.29, 1.82) is 0 Å². The van der Waals surface area contributed by atoms with Crippen LogP contribution < -0.4 is 10.2 Å². The molecule has 2 saturated heterocycles. The van der Waals surface area contributed by atoms with Crippen molar-refractivity contribution in [2.75, 3.05) is 31.6 Å². The van der Waals surface area contributed by atoms with Crippen molar-refractivity contribution in [3.05, 3.63) is 29.8 Å². The lowest BCUT2D eigenvalue weighted by Gasteiger charge is -2.42. The van der Waals surface area contributed by atoms with Crippen LogP contribution in [0, 0.1) is 11.3 Å². The molecule has 3 aliphatic rings. The maximum Gasteiger partial charge on any atom is 0.325 e. The van der Waals surface area contributed by atoms with Crippen molar-refractivity contribution in [3.63, 3.8) is 0 Å². The molecule has 4 amide bonds. The van der Waals surface area contributed by atoms with Gasteiger partial charge in [0.2, 0.25) is 5.91 Å². The number of nitrogens with zero attached hydrogens (tertiary/aromatic N) is 3. The maximum absolute atomic E-state index is 13.3. The quantitative estimate of drug-likeness (QED) is 0.579. The minimum absolute atomic E-state index is 0.210. The number of rotatable bonds is 7. The predicted octanol–water partition coefficient (Wildman–Crippen LogP) is 4.55. The van der Waals surface area contributed by atoms with E-state index in [-0.39, 0.29) is 23.8 Å². The van der Waals surface area contributed by atoms with E-state index in [1.807, 2.05) is 0 Å². The number of amides is 4. The molecule has 1 aliphatic carbocycles. The summed E-state index contributed by atoms with van der Waals surface area (Å²) >= 11 is 0. The number of nitrogens with one attached hydrogen (secondary N) is 1. The van der Waals surface area contributed by atoms with Crippen LogP contribution in [-0.4, -0.2) is 59.9 Å². The lowest BCUT2D eigenvalue weighted by Crippen LogP contribution is -2.51. The summed E-state index contributed by atoms with van der Waals surface area (Å²) in [6.07, 6.45) is 8.01. The Balaban J connectivity index is 1.32. The molecule has 2 aliphatic heterocycles. The first-order valence-corrected chi connectivity index (χ1v) is 13.4. The van der Waals surface area contributed by atoms with Gasteiger partial charge in [0, 0.05) is 32.4 Å². The zero-order valence-corrected chi connectivity index (χ0v) is 21.9. The maximum atomic E-state index is 13.3. The van der Waals surface area contributed by atoms with Gasteiger partial charge < -0.3 is 15.1 Å². The van der Waals surface area contributed by atoms with Gasteiger partial charge >= 0.3 is 6.03 Å². The molecule has 7 nitrogen and oxygen atoms in total. The van der Waals surface area contributed by atoms with E-state index in [1.165, 1.54) is 24.9 Å². The third kappa shape index (κ3) is 5.34. The molecule has 0 atom stereocenters. The Labute approximate surface area is 210 Å². The highest BCUT2D eigenvalue weighted by Gasteiger charge is 2.53. The van der Waals surface area contributed by atoms with Crippen molar-refractivity contribution >= 4 is 23.5 Å². The highest BCUT2D eigenvalue weighted by atomic mass is 16.2. The lowest BCUT2D eigenvalue weighted by atomic mass is 9.65. The highest BCUT2D eigenvalue weighted by Crippen LogP contribution is 2.45. The van der Waals surface area contributed by atoms with Crippen LogP contribution in [0.15, 0.2) is 24.3 Å². The zero-order valence-electron chi connectivity index (χ0n) is 21.9. The second kappa shape index (κ2) is 10.2. The number of anilines is 1. The summed E-state index contributed by atoms with van der Waals surface area (Å²) in [6.45, 7) is 9.21. The average Bonchev–Trinajstić information content (AvgIpc) is 3.09. The van der Waals surface area contributed by atoms with Crippen LogP contribution in [0.2, 0.25) is 0 Å². The molecule has 1 saturated carbocycles. The standard InChI is InChI=1S/C28H42N4O3/c1-5-27(2,3)22-13-15-28(16-14-22)25(34)32(26(35)29-28)20-24(33)30(4)19-21-9-11-23(12-10-21)31-17-7-6-8-18-31/h9-12,22H,5-8,13-20H2,1-4H3,(H,29,35). The second-order valence-corrected chi connectivity index (χ2v) is 11.5. The second-order valence-electron chi connectivity index (χ2n) is 11.5. The molecule has 2 heterocycles. The minimum Gasteiger partial charge on any atom is -0.372 e. The monoisotopic (exact) mass is 482 g/mol. The Morgan fingerprint density at radius 3 is 2.31 bits per heavy atom. The van der Waals surface area contributed by atoms with Crippen molar-refractivity contribution < 1.29 is 14.4 Å². The average molecular weight is 483 g/mol. The molecule has 35 heavy (non-hydrogen) atoms. The highest BCUT2D eigenvalue weighted by molar-refractivity contribution is 6.09. The Morgan fingerprint density at radius 1 is 1.09 bits per heavy atom. The van der Waals surface area contributed by atoms with Crippen LogP contribution in [-0.2, 0) is 16.1 Å². The Morgan fingerprint density at radius 2 is 1.71 bits per heavy atom. The van der Waals surface area contributed by atoms with E-state index in [0.29, 0.717) is 25.3 Å². The Bertz CT molecular complexity index is 928. The van der Waals surface area contributed by atoms with Crippen LogP contribution in [0.5, 0.6) is 0 Å². The van der Waals surface area contributed by atoms with Gasteiger partial charge in [0.05, 0.1) is 0 Å². The van der Waals surface area contributed by atoms with Crippen LogP contribution >= 0.6 is 0 Å². The summed E-state index contributed by atoms with van der Waals surface area (Å²) in [5, 5.41) is 2.95. The molecule has 0 aromatic heterocycles. The number of imide groups is 1. The molecule has 4 rings (SSSR count). The van der Waals surface area contributed by atoms with Gasteiger partial charge in [-0.1, -0.05) is 39.3 Å². The SMILES string of the molecule is CCC(C)(C)C1CCC2(CC1)NC(=O)N(CC(=O)N(C)Cc1ccc(N3CCCCC3)cc1)C2=O. The number of hydrogen-bond donors (Lipinski definition) is 1. The number of hydrogen-bond acceptors (Lipinski definition) is 4. The first-order valence-electron chi connectivity index (χ1n) is 13.4. The fraction of sp³-hybridized carbons (Fsp3) is 0.679. The summed E-state index contributed by atoms with van der Waals surface area (Å²) < 4.78 is 0. The number of piperidine rings is 1. The third-order valence-electron chi connectivity index (χ3n) is 8.90. The van der Waals surface area contributed by atoms with Crippen LogP contribution in [0.1, 0.15) is 77.7 Å². The van der Waals surface area contributed by atoms with Gasteiger partial charge in [-0.15, -0.1) is 0 Å². The molecule has 192 valence electrons. The summed E-state index contributed by atoms with van der Waals surface area (Å²) in [4.78, 5) is 44.1. The van der Waals surface area contributed by atoms with Crippen molar-refractivity contribution in [3.8, 4) is 0 Å². The van der Waals surface area contributed by atoms with Crippen LogP contribution in [0.25, 0.3) is 0 Å². The van der Waals surface area contributed by atoms with Crippen molar-refractivity contribution in [2.24, 2.45) is 11.3 Å². The van der Waals surface area contributed by atoms with Gasteiger partial charge in [-0.25, -0.2) is 4.79 Å². The molecule has 1 spiro atoms. The van der Waals surface area contributed by atoms with E-state index in [9.17, 15) is 14.4 Å². The first-order chi connectivity index (χ1) is 16.6. The van der Waals surface area contributed by atoms with E-state index in [1.54, 1.807) is 11.9 Å². The molecule has 7 heteroatoms. The number of urea groups is 1. The number of carbonyl (C=O) groups excluding carboxylic acids is 3. The molecule has 0 unspecified atom stereocenters. The summed E-state index contributed by atoms with van der Waals surface area (Å²) in [6, 6.07) is 7.93. The Hall–Kier alpha value is -2.57. The van der Waals surface area contributed by atoms with Crippen molar-refractivity contribution in [2.45, 2.75) is 84.2 Å². The smallest absolute Gasteiger partial charge is 0.325 e. The summed E-state index contributed by atoms with van der Waals surface area (Å²) in [5.74, 6) is 0.0836. The van der Waals surface area contributed by atoms with Gasteiger partial charge in [0.25, 0.3) is 5.91 Å². The van der Waals surface area contributed by atoms with E-state index >= 15 is 0 Å². The largest absolute Gasteiger partial charge is 0.372 e. The zero-order chi connectivity index (χ0) is 25.2. The van der Waals surface area contributed by atoms with E-state index in [2.05, 4.69) is 55.3 Å². The van der Waals surface area contributed by atoms with E-state index in [0.717, 1.165) is 42.8 Å². The van der Waals surface area contributed by atoms with Gasteiger partial charge in [0.15, 0.2) is 0 Å². The lowest BCUT2D eigenvalue weighted by molar-refractivity contribution is -0.139. The molecule has 1 aromatic rings. The van der Waals surface area contributed by atoms with E-state index in [4.69, 9.17) is 0 Å². The van der Waals surface area contributed by atoms with Crippen LogP contribution in [0.4, 0.5) is 10.5 Å². The molecular weight excluding hydrogens is 440 g/mol. The fourth-order valence-electron chi connectivity index (χ4n) is 5.92. The van der Waals surface area contributed by atoms with Gasteiger partial charge in [-0.3, -0.25) is 14.5 Å². The molecular formula is C28H42N4O3. The van der Waals surface area contributed by atoms with Gasteiger partial charge in [-0.2, -0.15) is 0 Å². The minimum atomic E-state index is -0.833. The molecule has 1 aromatic carbocycles. The van der Waals surface area contributed by atoms with E-state index < -0.39 is 11.6 Å². The Kier molecular flexibility index (Phi) is 7.43. The molecule has 1 N–H and O–H groups in total. The number of benzene rings is 1. The number of carbonyl (C=O) groups is 3. The third-order valence-corrected chi connectivity index (χ3v) is 8.90. The van der Waals surface area contributed by atoms with Crippen molar-refractivity contribution in [1.82, 2.24) is 15.1 Å². The predicted molar refractivity (Wildman–Crippen MR) is 138 cm³/mol.